The number of benzene rings is 1. The normalized spacial score (nSPS) is 9.88. The summed E-state index contributed by atoms with van der Waals surface area (Å²) in [6, 6.07) is 12.4. The second-order valence-corrected chi connectivity index (χ2v) is 4.74. The van der Waals surface area contributed by atoms with E-state index in [1.165, 1.54) is 12.3 Å². The van der Waals surface area contributed by atoms with Crippen LogP contribution in [0.25, 0.3) is 11.5 Å². The predicted octanol–water partition coefficient (Wildman–Crippen LogP) is 2.72. The van der Waals surface area contributed by atoms with Gasteiger partial charge in [-0.3, -0.25) is 4.79 Å². The number of para-hydroxylation sites is 1. The Morgan fingerprint density at radius 2 is 2.12 bits per heavy atom. The van der Waals surface area contributed by atoms with Crippen LogP contribution in [-0.4, -0.2) is 24.7 Å². The lowest BCUT2D eigenvalue weighted by molar-refractivity contribution is 0.0949. The van der Waals surface area contributed by atoms with Gasteiger partial charge in [0.05, 0.1) is 25.5 Å². The number of furan rings is 1. The number of rotatable bonds is 4. The summed E-state index contributed by atoms with van der Waals surface area (Å²) in [5, 5.41) is 6.38. The third-order valence-electron chi connectivity index (χ3n) is 3.17. The van der Waals surface area contributed by atoms with Gasteiger partial charge >= 0.3 is 0 Å². The number of carbonyl (C=O) groups is 1. The molecule has 1 aromatic carbocycles. The van der Waals surface area contributed by atoms with Gasteiger partial charge in [0.25, 0.3) is 5.91 Å². The summed E-state index contributed by atoms with van der Waals surface area (Å²) >= 11 is 0. The van der Waals surface area contributed by atoms with Crippen molar-refractivity contribution in [2.24, 2.45) is 0 Å². The Labute approximate surface area is 138 Å². The maximum absolute atomic E-state index is 12.0. The average molecular weight is 322 g/mol. The van der Waals surface area contributed by atoms with Gasteiger partial charge in [-0.15, -0.1) is 0 Å². The van der Waals surface area contributed by atoms with E-state index in [2.05, 4.69) is 22.3 Å². The molecule has 3 rings (SSSR count). The second-order valence-electron chi connectivity index (χ2n) is 4.74. The Balaban J connectivity index is 1.60. The Bertz CT molecular complexity index is 885. The number of methoxy groups -OCH3 is 1. The van der Waals surface area contributed by atoms with Gasteiger partial charge in [-0.2, -0.15) is 0 Å². The highest BCUT2D eigenvalue weighted by Crippen LogP contribution is 2.20. The number of carbonyl (C=O) groups excluding carboxylic acids is 1. The first-order chi connectivity index (χ1) is 11.8. The Hall–Kier alpha value is -3.46. The van der Waals surface area contributed by atoms with Gasteiger partial charge in [0, 0.05) is 6.07 Å². The van der Waals surface area contributed by atoms with E-state index in [9.17, 15) is 4.79 Å². The lowest BCUT2D eigenvalue weighted by Crippen LogP contribution is -2.23. The summed E-state index contributed by atoms with van der Waals surface area (Å²) in [6.07, 6.45) is 1.52. The van der Waals surface area contributed by atoms with Crippen molar-refractivity contribution in [3.8, 4) is 29.1 Å². The highest BCUT2D eigenvalue weighted by Gasteiger charge is 2.14. The molecule has 120 valence electrons. The highest BCUT2D eigenvalue weighted by molar-refractivity contribution is 5.93. The topological polar surface area (TPSA) is 77.5 Å². The van der Waals surface area contributed by atoms with Crippen molar-refractivity contribution in [1.82, 2.24) is 10.5 Å². The molecule has 2 aromatic heterocycles. The molecule has 0 spiro atoms. The van der Waals surface area contributed by atoms with Crippen LogP contribution in [0.4, 0.5) is 0 Å². The van der Waals surface area contributed by atoms with Crippen LogP contribution in [-0.2, 0) is 0 Å². The molecule has 0 aliphatic rings. The number of nitrogens with one attached hydrogen (secondary N) is 1. The molecular weight excluding hydrogens is 308 g/mol. The number of hydrogen-bond acceptors (Lipinski definition) is 5. The lowest BCUT2D eigenvalue weighted by Gasteiger charge is -2.01. The standard InChI is InChI=1S/C18H14N2O4/c1-22-15-8-3-2-6-13(15)7-4-10-19-18(21)14-12-17(24-20-14)16-9-5-11-23-16/h2-3,5-6,8-9,11-12H,10H2,1H3,(H,19,21). The summed E-state index contributed by atoms with van der Waals surface area (Å²) in [5.41, 5.74) is 0.927. The molecule has 1 amide bonds. The van der Waals surface area contributed by atoms with Crippen LogP contribution in [0.2, 0.25) is 0 Å². The first-order valence-corrected chi connectivity index (χ1v) is 7.18. The molecule has 0 saturated heterocycles. The molecule has 0 atom stereocenters. The smallest absolute Gasteiger partial charge is 0.274 e. The molecule has 0 fully saturated rings. The number of aromatic nitrogens is 1. The first kappa shape index (κ1) is 15.4. The monoisotopic (exact) mass is 322 g/mol. The molecule has 3 aromatic rings. The molecule has 24 heavy (non-hydrogen) atoms. The zero-order chi connectivity index (χ0) is 16.8. The van der Waals surface area contributed by atoms with Crippen LogP contribution in [0.1, 0.15) is 16.1 Å². The van der Waals surface area contributed by atoms with Crippen molar-refractivity contribution in [1.29, 1.82) is 0 Å². The van der Waals surface area contributed by atoms with Gasteiger partial charge in [0.2, 0.25) is 5.76 Å². The van der Waals surface area contributed by atoms with Crippen molar-refractivity contribution in [3.63, 3.8) is 0 Å². The van der Waals surface area contributed by atoms with E-state index in [0.717, 1.165) is 5.56 Å². The summed E-state index contributed by atoms with van der Waals surface area (Å²) in [6.45, 7) is 0.180. The molecule has 0 bridgehead atoms. The van der Waals surface area contributed by atoms with Gasteiger partial charge in [-0.05, 0) is 24.3 Å². The fourth-order valence-corrected chi connectivity index (χ4v) is 2.02. The number of hydrogen-bond donors (Lipinski definition) is 1. The van der Waals surface area contributed by atoms with E-state index in [1.54, 1.807) is 19.2 Å². The first-order valence-electron chi connectivity index (χ1n) is 7.18. The average Bonchev–Trinajstić information content (AvgIpc) is 3.29. The van der Waals surface area contributed by atoms with Crippen LogP contribution in [0, 0.1) is 11.8 Å². The highest BCUT2D eigenvalue weighted by atomic mass is 16.5. The van der Waals surface area contributed by atoms with Crippen LogP contribution in [0.5, 0.6) is 5.75 Å². The van der Waals surface area contributed by atoms with Crippen LogP contribution >= 0.6 is 0 Å². The summed E-state index contributed by atoms with van der Waals surface area (Å²) in [7, 11) is 1.59. The van der Waals surface area contributed by atoms with Gasteiger partial charge in [0.1, 0.15) is 5.75 Å². The molecule has 0 unspecified atom stereocenters. The molecule has 0 radical (unpaired) electrons. The van der Waals surface area contributed by atoms with Crippen molar-refractivity contribution in [2.75, 3.05) is 13.7 Å². The molecule has 0 saturated carbocycles. The minimum absolute atomic E-state index is 0.167. The SMILES string of the molecule is COc1ccccc1C#CCNC(=O)c1cc(-c2ccco2)on1. The van der Waals surface area contributed by atoms with Crippen LogP contribution in [0.15, 0.2) is 57.7 Å². The quantitative estimate of drug-likeness (QED) is 0.747. The van der Waals surface area contributed by atoms with E-state index in [-0.39, 0.29) is 18.1 Å². The van der Waals surface area contributed by atoms with Crippen LogP contribution < -0.4 is 10.1 Å². The maximum atomic E-state index is 12.0. The second kappa shape index (κ2) is 7.20. The zero-order valence-electron chi connectivity index (χ0n) is 12.9. The third kappa shape index (κ3) is 3.47. The Kier molecular flexibility index (Phi) is 4.63. The van der Waals surface area contributed by atoms with E-state index in [4.69, 9.17) is 13.7 Å². The van der Waals surface area contributed by atoms with E-state index >= 15 is 0 Å². The maximum Gasteiger partial charge on any atom is 0.274 e. The predicted molar refractivity (Wildman–Crippen MR) is 86.4 cm³/mol. The Morgan fingerprint density at radius 1 is 1.25 bits per heavy atom. The number of amides is 1. The number of nitrogens with zero attached hydrogens (tertiary/aromatic N) is 1. The van der Waals surface area contributed by atoms with Gasteiger partial charge in [0.15, 0.2) is 11.5 Å². The largest absolute Gasteiger partial charge is 0.495 e. The van der Waals surface area contributed by atoms with Crippen molar-refractivity contribution in [3.05, 3.63) is 60.0 Å². The molecule has 6 heteroatoms. The fourth-order valence-electron chi connectivity index (χ4n) is 2.02. The lowest BCUT2D eigenvalue weighted by atomic mass is 10.2. The fraction of sp³-hybridized carbons (Fsp3) is 0.111. The van der Waals surface area contributed by atoms with Crippen molar-refractivity contribution >= 4 is 5.91 Å². The molecule has 1 N–H and O–H groups in total. The summed E-state index contributed by atoms with van der Waals surface area (Å²) < 4.78 is 15.5. The summed E-state index contributed by atoms with van der Waals surface area (Å²) in [5.74, 6) is 7.05. The van der Waals surface area contributed by atoms with Crippen LogP contribution in [0.3, 0.4) is 0 Å². The van der Waals surface area contributed by atoms with E-state index in [1.807, 2.05) is 24.3 Å². The molecule has 0 aliphatic carbocycles. The molecule has 2 heterocycles. The van der Waals surface area contributed by atoms with E-state index in [0.29, 0.717) is 17.3 Å². The molecule has 6 nitrogen and oxygen atoms in total. The summed E-state index contributed by atoms with van der Waals surface area (Å²) in [4.78, 5) is 12.0. The third-order valence-corrected chi connectivity index (χ3v) is 3.17. The minimum atomic E-state index is -0.370. The molecule has 0 aliphatic heterocycles. The number of ether oxygens (including phenoxy) is 1. The minimum Gasteiger partial charge on any atom is -0.495 e. The van der Waals surface area contributed by atoms with E-state index < -0.39 is 0 Å². The van der Waals surface area contributed by atoms with Crippen molar-refractivity contribution in [2.45, 2.75) is 0 Å². The zero-order valence-corrected chi connectivity index (χ0v) is 12.9. The van der Waals surface area contributed by atoms with Gasteiger partial charge in [-0.25, -0.2) is 0 Å². The Morgan fingerprint density at radius 3 is 2.92 bits per heavy atom. The van der Waals surface area contributed by atoms with Gasteiger partial charge in [-0.1, -0.05) is 29.1 Å². The van der Waals surface area contributed by atoms with Gasteiger partial charge < -0.3 is 19.0 Å². The molecular formula is C18H14N2O4. The van der Waals surface area contributed by atoms with Crippen molar-refractivity contribution < 1.29 is 18.5 Å².